The summed E-state index contributed by atoms with van der Waals surface area (Å²) >= 11 is 0. The van der Waals surface area contributed by atoms with Gasteiger partial charge in [-0.05, 0) is 25.1 Å². The quantitative estimate of drug-likeness (QED) is 0.824. The van der Waals surface area contributed by atoms with E-state index in [1.54, 1.807) is 6.20 Å². The Morgan fingerprint density at radius 1 is 1.35 bits per heavy atom. The van der Waals surface area contributed by atoms with Crippen molar-refractivity contribution in [2.45, 2.75) is 25.8 Å². The molecule has 17 heavy (non-hydrogen) atoms. The molecule has 4 nitrogen and oxygen atoms in total. The average Bonchev–Trinajstić information content (AvgIpc) is 2.90. The molecule has 0 aliphatic rings. The third-order valence-corrected chi connectivity index (χ3v) is 2.91. The Balaban J connectivity index is 2.07. The number of pyridine rings is 1. The molecule has 2 rings (SSSR count). The Kier molecular flexibility index (Phi) is 3.88. The number of hydrogen-bond donors (Lipinski definition) is 2. The molecule has 0 spiro atoms. The number of nitrogens with zero attached hydrogens (tertiary/aromatic N) is 2. The maximum Gasteiger partial charge on any atom is 0.123 e. The van der Waals surface area contributed by atoms with Gasteiger partial charge in [-0.15, -0.1) is 0 Å². The predicted octanol–water partition coefficient (Wildman–Crippen LogP) is 1.87. The van der Waals surface area contributed by atoms with Crippen molar-refractivity contribution >= 4 is 0 Å². The third-order valence-electron chi connectivity index (χ3n) is 2.91. The zero-order valence-corrected chi connectivity index (χ0v) is 10.3. The Hall–Kier alpha value is -1.68. The first-order valence-electron chi connectivity index (χ1n) is 5.93. The van der Waals surface area contributed by atoms with Gasteiger partial charge in [-0.1, -0.05) is 13.0 Å². The SMILES string of the molecule is CCc1ccc(CC(NC)c2ncc[nH]2)nc1. The molecule has 0 fully saturated rings. The molecule has 0 saturated heterocycles. The van der Waals surface area contributed by atoms with Gasteiger partial charge in [-0.25, -0.2) is 4.98 Å². The summed E-state index contributed by atoms with van der Waals surface area (Å²) in [6, 6.07) is 4.41. The van der Waals surface area contributed by atoms with Crippen LogP contribution in [0.1, 0.15) is 30.0 Å². The van der Waals surface area contributed by atoms with Gasteiger partial charge < -0.3 is 10.3 Å². The maximum absolute atomic E-state index is 4.47. The lowest BCUT2D eigenvalue weighted by Gasteiger charge is -2.13. The van der Waals surface area contributed by atoms with E-state index in [0.717, 1.165) is 24.4 Å². The standard InChI is InChI=1S/C13H18N4/c1-3-10-4-5-11(17-9-10)8-12(14-2)13-15-6-7-16-13/h4-7,9,12,14H,3,8H2,1-2H3,(H,15,16). The second-order valence-electron chi connectivity index (χ2n) is 4.03. The summed E-state index contributed by atoms with van der Waals surface area (Å²) in [5.41, 5.74) is 2.35. The molecule has 90 valence electrons. The summed E-state index contributed by atoms with van der Waals surface area (Å²) in [4.78, 5) is 11.9. The average molecular weight is 230 g/mol. The van der Waals surface area contributed by atoms with Crippen LogP contribution in [0.5, 0.6) is 0 Å². The van der Waals surface area contributed by atoms with Gasteiger partial charge in [0.15, 0.2) is 0 Å². The molecule has 0 bridgehead atoms. The van der Waals surface area contributed by atoms with E-state index < -0.39 is 0 Å². The Morgan fingerprint density at radius 3 is 2.76 bits per heavy atom. The van der Waals surface area contributed by atoms with Crippen LogP contribution in [0.2, 0.25) is 0 Å². The van der Waals surface area contributed by atoms with Gasteiger partial charge >= 0.3 is 0 Å². The highest BCUT2D eigenvalue weighted by molar-refractivity contribution is 5.15. The van der Waals surface area contributed by atoms with Gasteiger partial charge in [-0.2, -0.15) is 0 Å². The van der Waals surface area contributed by atoms with Crippen molar-refractivity contribution in [1.29, 1.82) is 0 Å². The fraction of sp³-hybridized carbons (Fsp3) is 0.385. The van der Waals surface area contributed by atoms with E-state index >= 15 is 0 Å². The Labute approximate surface area is 102 Å². The highest BCUT2D eigenvalue weighted by Gasteiger charge is 2.12. The number of likely N-dealkylation sites (N-methyl/N-ethyl adjacent to an activating group) is 1. The molecular formula is C13H18N4. The first-order chi connectivity index (χ1) is 8.33. The van der Waals surface area contributed by atoms with E-state index in [0.29, 0.717) is 0 Å². The Morgan fingerprint density at radius 2 is 2.24 bits per heavy atom. The lowest BCUT2D eigenvalue weighted by molar-refractivity contribution is 0.556. The largest absolute Gasteiger partial charge is 0.347 e. The molecule has 2 aromatic heterocycles. The van der Waals surface area contributed by atoms with Crippen LogP contribution in [-0.4, -0.2) is 22.0 Å². The van der Waals surface area contributed by atoms with Crippen LogP contribution in [0.3, 0.4) is 0 Å². The monoisotopic (exact) mass is 230 g/mol. The predicted molar refractivity (Wildman–Crippen MR) is 67.7 cm³/mol. The van der Waals surface area contributed by atoms with Crippen LogP contribution in [0.4, 0.5) is 0 Å². The van der Waals surface area contributed by atoms with E-state index in [2.05, 4.69) is 39.3 Å². The molecule has 2 heterocycles. The number of aromatic nitrogens is 3. The molecule has 0 radical (unpaired) electrons. The van der Waals surface area contributed by atoms with Crippen molar-refractivity contribution in [3.63, 3.8) is 0 Å². The van der Waals surface area contributed by atoms with Crippen LogP contribution in [0, 0.1) is 0 Å². The number of nitrogens with one attached hydrogen (secondary N) is 2. The first-order valence-corrected chi connectivity index (χ1v) is 5.93. The minimum absolute atomic E-state index is 0.185. The summed E-state index contributed by atoms with van der Waals surface area (Å²) in [6.45, 7) is 2.13. The van der Waals surface area contributed by atoms with E-state index in [1.165, 1.54) is 5.56 Å². The smallest absolute Gasteiger partial charge is 0.123 e. The molecule has 0 saturated carbocycles. The maximum atomic E-state index is 4.47. The van der Waals surface area contributed by atoms with Crippen molar-refractivity contribution in [1.82, 2.24) is 20.3 Å². The van der Waals surface area contributed by atoms with Crippen molar-refractivity contribution in [3.8, 4) is 0 Å². The topological polar surface area (TPSA) is 53.6 Å². The van der Waals surface area contributed by atoms with Gasteiger partial charge in [-0.3, -0.25) is 4.98 Å². The molecule has 2 aromatic rings. The number of rotatable bonds is 5. The highest BCUT2D eigenvalue weighted by Crippen LogP contribution is 2.13. The molecule has 0 aromatic carbocycles. The van der Waals surface area contributed by atoms with E-state index in [1.807, 2.05) is 19.4 Å². The zero-order chi connectivity index (χ0) is 12.1. The molecule has 0 aliphatic carbocycles. The summed E-state index contributed by atoms with van der Waals surface area (Å²) in [7, 11) is 1.94. The van der Waals surface area contributed by atoms with Crippen LogP contribution >= 0.6 is 0 Å². The Bertz CT molecular complexity index is 433. The van der Waals surface area contributed by atoms with E-state index in [-0.39, 0.29) is 6.04 Å². The fourth-order valence-electron chi connectivity index (χ4n) is 1.80. The van der Waals surface area contributed by atoms with Crippen molar-refractivity contribution in [2.24, 2.45) is 0 Å². The number of aromatic amines is 1. The molecule has 4 heteroatoms. The van der Waals surface area contributed by atoms with Crippen LogP contribution < -0.4 is 5.32 Å². The van der Waals surface area contributed by atoms with Crippen molar-refractivity contribution in [3.05, 3.63) is 47.8 Å². The van der Waals surface area contributed by atoms with Crippen LogP contribution in [-0.2, 0) is 12.8 Å². The molecule has 1 atom stereocenters. The molecule has 0 aliphatic heterocycles. The van der Waals surface area contributed by atoms with Crippen molar-refractivity contribution in [2.75, 3.05) is 7.05 Å². The van der Waals surface area contributed by atoms with E-state index in [4.69, 9.17) is 0 Å². The minimum atomic E-state index is 0.185. The lowest BCUT2D eigenvalue weighted by atomic mass is 10.1. The normalized spacial score (nSPS) is 12.6. The second-order valence-corrected chi connectivity index (χ2v) is 4.03. The van der Waals surface area contributed by atoms with Crippen molar-refractivity contribution < 1.29 is 0 Å². The number of hydrogen-bond acceptors (Lipinski definition) is 3. The van der Waals surface area contributed by atoms with Gasteiger partial charge in [0.1, 0.15) is 5.82 Å². The van der Waals surface area contributed by atoms with Gasteiger partial charge in [0.05, 0.1) is 6.04 Å². The van der Waals surface area contributed by atoms with E-state index in [9.17, 15) is 0 Å². The van der Waals surface area contributed by atoms with Gasteiger partial charge in [0.25, 0.3) is 0 Å². The second kappa shape index (κ2) is 5.59. The summed E-state index contributed by atoms with van der Waals surface area (Å²) in [6.07, 6.45) is 7.43. The molecular weight excluding hydrogens is 212 g/mol. The highest BCUT2D eigenvalue weighted by atomic mass is 15.0. The first kappa shape index (κ1) is 11.8. The van der Waals surface area contributed by atoms with Crippen LogP contribution in [0.25, 0.3) is 0 Å². The number of imidazole rings is 1. The summed E-state index contributed by atoms with van der Waals surface area (Å²) in [5.74, 6) is 0.953. The zero-order valence-electron chi connectivity index (χ0n) is 10.3. The fourth-order valence-corrected chi connectivity index (χ4v) is 1.80. The molecule has 1 unspecified atom stereocenters. The molecule has 0 amide bonds. The van der Waals surface area contributed by atoms with Gasteiger partial charge in [0.2, 0.25) is 0 Å². The van der Waals surface area contributed by atoms with Crippen LogP contribution in [0.15, 0.2) is 30.7 Å². The summed E-state index contributed by atoms with van der Waals surface area (Å²) in [5, 5.41) is 3.25. The lowest BCUT2D eigenvalue weighted by Crippen LogP contribution is -2.20. The number of H-pyrrole nitrogens is 1. The summed E-state index contributed by atoms with van der Waals surface area (Å²) < 4.78 is 0. The third kappa shape index (κ3) is 2.91. The minimum Gasteiger partial charge on any atom is -0.347 e. The number of aryl methyl sites for hydroxylation is 1. The van der Waals surface area contributed by atoms with Gasteiger partial charge in [0, 0.05) is 30.7 Å². The molecule has 2 N–H and O–H groups in total.